The van der Waals surface area contributed by atoms with Crippen molar-refractivity contribution in [2.24, 2.45) is 0 Å². The molecule has 1 aliphatic rings. The monoisotopic (exact) mass is 650 g/mol. The van der Waals surface area contributed by atoms with Gasteiger partial charge in [-0.05, 0) is 66.8 Å². The summed E-state index contributed by atoms with van der Waals surface area (Å²) in [5, 5.41) is 10.5. The Morgan fingerprint density at radius 3 is 2.35 bits per heavy atom. The van der Waals surface area contributed by atoms with Gasteiger partial charge in [0.15, 0.2) is 0 Å². The Labute approximate surface area is 262 Å². The standard InChI is InChI=1S/C31H33Cl2FN2O6S/c1-3-25(18-35(43(40)41)19(2)15-21-7-4-5-10-26(21)34)36-29(20-11-13-23(32)14-12-20)30(22-8-6-9-24(33)16-22)42-27(31(36)39)17-28(37)38/h4-14,16,19,25,27,29-30,43H,3,15,17-18H2,1-2H3,(H,37,38)/t19-,25?,27+,29+,30+/m0/s1. The molecule has 1 aliphatic heterocycles. The lowest BCUT2D eigenvalue weighted by atomic mass is 9.89. The second-order valence-corrected chi connectivity index (χ2v) is 12.4. The number of carboxylic acid groups (broad SMARTS) is 1. The van der Waals surface area contributed by atoms with Crippen LogP contribution in [-0.2, 0) is 31.6 Å². The van der Waals surface area contributed by atoms with Gasteiger partial charge in [0, 0.05) is 28.7 Å². The number of thiol groups is 1. The third-order valence-corrected chi connectivity index (χ3v) is 9.09. The van der Waals surface area contributed by atoms with Gasteiger partial charge in [0.2, 0.25) is 10.9 Å². The summed E-state index contributed by atoms with van der Waals surface area (Å²) in [4.78, 5) is 27.4. The van der Waals surface area contributed by atoms with E-state index in [4.69, 9.17) is 27.9 Å². The predicted octanol–water partition coefficient (Wildman–Crippen LogP) is 5.86. The lowest BCUT2D eigenvalue weighted by molar-refractivity contribution is -0.183. The van der Waals surface area contributed by atoms with Crippen LogP contribution in [0.25, 0.3) is 0 Å². The van der Waals surface area contributed by atoms with Crippen LogP contribution in [0.15, 0.2) is 72.8 Å². The maximum absolute atomic E-state index is 14.4. The van der Waals surface area contributed by atoms with Crippen LogP contribution in [0.1, 0.15) is 55.5 Å². The fraction of sp³-hybridized carbons (Fsp3) is 0.355. The zero-order valence-electron chi connectivity index (χ0n) is 23.6. The van der Waals surface area contributed by atoms with E-state index in [0.717, 1.165) is 0 Å². The Kier molecular flexibility index (Phi) is 11.2. The number of morpholine rings is 1. The molecular weight excluding hydrogens is 618 g/mol. The number of hydrogen-bond donors (Lipinski definition) is 2. The molecule has 0 aliphatic carbocycles. The summed E-state index contributed by atoms with van der Waals surface area (Å²) in [7, 11) is -3.13. The fourth-order valence-electron chi connectivity index (χ4n) is 5.52. The second kappa shape index (κ2) is 14.6. The molecule has 5 atom stereocenters. The van der Waals surface area contributed by atoms with Gasteiger partial charge in [0.05, 0.1) is 12.5 Å². The minimum absolute atomic E-state index is 0.0945. The largest absolute Gasteiger partial charge is 0.481 e. The molecule has 1 amide bonds. The molecule has 0 bridgehead atoms. The van der Waals surface area contributed by atoms with Crippen molar-refractivity contribution in [3.05, 3.63) is 105 Å². The molecule has 1 heterocycles. The number of carbonyl (C=O) groups is 2. The molecule has 8 nitrogen and oxygen atoms in total. The zero-order valence-corrected chi connectivity index (χ0v) is 26.0. The van der Waals surface area contributed by atoms with Crippen molar-refractivity contribution in [3.63, 3.8) is 0 Å². The van der Waals surface area contributed by atoms with Gasteiger partial charge in [-0.1, -0.05) is 72.6 Å². The summed E-state index contributed by atoms with van der Waals surface area (Å²) in [5.74, 6) is -2.23. The fourth-order valence-corrected chi connectivity index (χ4v) is 6.57. The highest BCUT2D eigenvalue weighted by atomic mass is 35.5. The molecule has 230 valence electrons. The van der Waals surface area contributed by atoms with E-state index in [-0.39, 0.29) is 13.0 Å². The molecule has 0 saturated carbocycles. The average molecular weight is 652 g/mol. The number of aliphatic carboxylic acids is 1. The number of nitrogens with zero attached hydrogens (tertiary/aromatic N) is 2. The summed E-state index contributed by atoms with van der Waals surface area (Å²) in [6.07, 6.45) is -2.29. The van der Waals surface area contributed by atoms with Crippen LogP contribution in [0.3, 0.4) is 0 Å². The number of ether oxygens (including phenoxy) is 1. The lowest BCUT2D eigenvalue weighted by Gasteiger charge is -2.48. The Bertz CT molecular complexity index is 1510. The van der Waals surface area contributed by atoms with Crippen molar-refractivity contribution in [3.8, 4) is 0 Å². The summed E-state index contributed by atoms with van der Waals surface area (Å²) < 4.78 is 47.1. The molecule has 1 unspecified atom stereocenters. The minimum Gasteiger partial charge on any atom is -0.481 e. The van der Waals surface area contributed by atoms with Crippen molar-refractivity contribution in [2.45, 2.75) is 63.4 Å². The molecule has 1 N–H and O–H groups in total. The Hall–Kier alpha value is -3.02. The first-order valence-corrected chi connectivity index (χ1v) is 15.7. The van der Waals surface area contributed by atoms with Crippen molar-refractivity contribution >= 4 is 46.0 Å². The van der Waals surface area contributed by atoms with E-state index >= 15 is 0 Å². The lowest BCUT2D eigenvalue weighted by Crippen LogP contribution is -2.58. The number of halogens is 3. The van der Waals surface area contributed by atoms with E-state index in [1.54, 1.807) is 78.6 Å². The SMILES string of the molecule is CCC(CN([C@@H](C)Cc1ccccc1F)[SH](=O)=O)N1C(=O)[C@@H](CC(=O)O)O[C@H](c2cccc(Cl)c2)[C@H]1c1ccc(Cl)cc1. The number of hydrogen-bond acceptors (Lipinski definition) is 5. The number of rotatable bonds is 12. The maximum Gasteiger partial charge on any atom is 0.306 e. The van der Waals surface area contributed by atoms with Crippen LogP contribution in [0.2, 0.25) is 10.0 Å². The molecule has 3 aromatic carbocycles. The van der Waals surface area contributed by atoms with E-state index in [0.29, 0.717) is 33.2 Å². The van der Waals surface area contributed by atoms with Crippen molar-refractivity contribution in [1.82, 2.24) is 9.21 Å². The van der Waals surface area contributed by atoms with Gasteiger partial charge in [-0.25, -0.2) is 12.8 Å². The van der Waals surface area contributed by atoms with Crippen molar-refractivity contribution in [2.75, 3.05) is 6.54 Å². The van der Waals surface area contributed by atoms with Gasteiger partial charge in [0.25, 0.3) is 5.91 Å². The topological polar surface area (TPSA) is 104 Å². The highest BCUT2D eigenvalue weighted by Gasteiger charge is 2.47. The highest BCUT2D eigenvalue weighted by Crippen LogP contribution is 2.44. The first-order valence-electron chi connectivity index (χ1n) is 13.8. The van der Waals surface area contributed by atoms with E-state index in [9.17, 15) is 27.5 Å². The number of benzene rings is 3. The summed E-state index contributed by atoms with van der Waals surface area (Å²) in [5.41, 5.74) is 1.65. The van der Waals surface area contributed by atoms with Gasteiger partial charge in [-0.15, -0.1) is 0 Å². The third-order valence-electron chi connectivity index (χ3n) is 7.63. The first-order chi connectivity index (χ1) is 20.5. The number of amides is 1. The smallest absolute Gasteiger partial charge is 0.306 e. The summed E-state index contributed by atoms with van der Waals surface area (Å²) >= 11 is 12.5. The van der Waals surface area contributed by atoms with E-state index < -0.39 is 65.3 Å². The molecule has 3 aromatic rings. The number of carbonyl (C=O) groups excluding carboxylic acids is 1. The number of carboxylic acids is 1. The van der Waals surface area contributed by atoms with Crippen LogP contribution in [0, 0.1) is 5.82 Å². The second-order valence-electron chi connectivity index (χ2n) is 10.5. The third kappa shape index (κ3) is 7.93. The van der Waals surface area contributed by atoms with Crippen LogP contribution in [0.4, 0.5) is 4.39 Å². The molecular formula is C31H33Cl2FN2O6S. The van der Waals surface area contributed by atoms with Crippen molar-refractivity contribution in [1.29, 1.82) is 0 Å². The quantitative estimate of drug-likeness (QED) is 0.238. The summed E-state index contributed by atoms with van der Waals surface area (Å²) in [6, 6.07) is 17.8. The van der Waals surface area contributed by atoms with Crippen LogP contribution >= 0.6 is 23.2 Å². The zero-order chi connectivity index (χ0) is 31.3. The van der Waals surface area contributed by atoms with E-state index in [2.05, 4.69) is 0 Å². The Morgan fingerprint density at radius 2 is 1.74 bits per heavy atom. The molecule has 0 aromatic heterocycles. The van der Waals surface area contributed by atoms with Crippen LogP contribution in [0.5, 0.6) is 0 Å². The Balaban J connectivity index is 1.79. The molecule has 12 heteroatoms. The van der Waals surface area contributed by atoms with E-state index in [1.807, 2.05) is 6.92 Å². The van der Waals surface area contributed by atoms with E-state index in [1.165, 1.54) is 10.4 Å². The predicted molar refractivity (Wildman–Crippen MR) is 163 cm³/mol. The minimum atomic E-state index is -3.13. The molecule has 0 spiro atoms. The van der Waals surface area contributed by atoms with Gasteiger partial charge in [-0.3, -0.25) is 9.59 Å². The van der Waals surface area contributed by atoms with Gasteiger partial charge in [-0.2, -0.15) is 4.31 Å². The van der Waals surface area contributed by atoms with Crippen LogP contribution < -0.4 is 0 Å². The highest BCUT2D eigenvalue weighted by molar-refractivity contribution is 7.69. The van der Waals surface area contributed by atoms with Crippen LogP contribution in [-0.4, -0.2) is 59.3 Å². The normalized spacial score (nSPS) is 20.4. The molecule has 1 saturated heterocycles. The molecule has 0 radical (unpaired) electrons. The van der Waals surface area contributed by atoms with Gasteiger partial charge in [0.1, 0.15) is 18.0 Å². The summed E-state index contributed by atoms with van der Waals surface area (Å²) in [6.45, 7) is 3.41. The molecule has 43 heavy (non-hydrogen) atoms. The first kappa shape index (κ1) is 32.9. The Morgan fingerprint density at radius 1 is 1.05 bits per heavy atom. The maximum atomic E-state index is 14.4. The molecule has 1 fully saturated rings. The molecule has 4 rings (SSSR count). The van der Waals surface area contributed by atoms with Crippen molar-refractivity contribution < 1.29 is 32.2 Å². The van der Waals surface area contributed by atoms with Gasteiger partial charge < -0.3 is 14.7 Å². The average Bonchev–Trinajstić information content (AvgIpc) is 2.96. The van der Waals surface area contributed by atoms with Gasteiger partial charge >= 0.3 is 5.97 Å².